The van der Waals surface area contributed by atoms with E-state index in [1.165, 1.54) is 6.42 Å². The average molecular weight is 210 g/mol. The van der Waals surface area contributed by atoms with E-state index in [-0.39, 0.29) is 0 Å². The first-order valence-electron chi connectivity index (χ1n) is 6.30. The number of hydrogen-bond acceptors (Lipinski definition) is 2. The Morgan fingerprint density at radius 3 is 2.73 bits per heavy atom. The minimum Gasteiger partial charge on any atom is -0.495 e. The average Bonchev–Trinajstić information content (AvgIpc) is 2.31. The van der Waals surface area contributed by atoms with Gasteiger partial charge in [0.15, 0.2) is 0 Å². The summed E-state index contributed by atoms with van der Waals surface area (Å²) in [6.07, 6.45) is 9.56. The highest BCUT2D eigenvalue weighted by atomic mass is 16.5. The number of ether oxygens (including phenoxy) is 1. The fraction of sp³-hybridized carbons (Fsp3) is 0.846. The molecule has 2 rings (SSSR count). The van der Waals surface area contributed by atoms with E-state index in [0.29, 0.717) is 0 Å². The third-order valence-electron chi connectivity index (χ3n) is 3.90. The van der Waals surface area contributed by atoms with Crippen molar-refractivity contribution in [2.45, 2.75) is 57.5 Å². The SMILES string of the molecule is CCC1CCC(O)(C2=CCCCO2)CC1. The molecule has 0 aromatic carbocycles. The van der Waals surface area contributed by atoms with Gasteiger partial charge in [-0.15, -0.1) is 0 Å². The Labute approximate surface area is 92.3 Å². The predicted molar refractivity (Wildman–Crippen MR) is 60.5 cm³/mol. The Kier molecular flexibility index (Phi) is 3.35. The van der Waals surface area contributed by atoms with E-state index in [4.69, 9.17) is 4.74 Å². The van der Waals surface area contributed by atoms with Gasteiger partial charge in [0.05, 0.1) is 6.61 Å². The Morgan fingerprint density at radius 2 is 2.20 bits per heavy atom. The molecule has 1 fully saturated rings. The highest BCUT2D eigenvalue weighted by Gasteiger charge is 2.37. The van der Waals surface area contributed by atoms with E-state index in [9.17, 15) is 5.11 Å². The second-order valence-electron chi connectivity index (χ2n) is 4.94. The summed E-state index contributed by atoms with van der Waals surface area (Å²) in [5.74, 6) is 1.68. The summed E-state index contributed by atoms with van der Waals surface area (Å²) < 4.78 is 5.60. The maximum absolute atomic E-state index is 10.5. The van der Waals surface area contributed by atoms with Crippen LogP contribution in [0.1, 0.15) is 51.9 Å². The fourth-order valence-electron chi connectivity index (χ4n) is 2.69. The molecule has 2 nitrogen and oxygen atoms in total. The Balaban J connectivity index is 1.98. The van der Waals surface area contributed by atoms with Crippen LogP contribution >= 0.6 is 0 Å². The van der Waals surface area contributed by atoms with Gasteiger partial charge in [-0.05, 0) is 50.5 Å². The van der Waals surface area contributed by atoms with Crippen LogP contribution in [0.25, 0.3) is 0 Å². The molecule has 0 aromatic rings. The summed E-state index contributed by atoms with van der Waals surface area (Å²) in [5.41, 5.74) is -0.633. The van der Waals surface area contributed by atoms with Gasteiger partial charge in [0.2, 0.25) is 0 Å². The lowest BCUT2D eigenvalue weighted by Crippen LogP contribution is -2.37. The maximum Gasteiger partial charge on any atom is 0.124 e. The first kappa shape index (κ1) is 11.0. The summed E-state index contributed by atoms with van der Waals surface area (Å²) in [6.45, 7) is 3.02. The molecule has 86 valence electrons. The molecule has 1 aliphatic carbocycles. The first-order valence-corrected chi connectivity index (χ1v) is 6.30. The molecule has 1 N–H and O–H groups in total. The van der Waals surface area contributed by atoms with E-state index < -0.39 is 5.60 Å². The molecule has 0 radical (unpaired) electrons. The van der Waals surface area contributed by atoms with Crippen LogP contribution in [0.4, 0.5) is 0 Å². The van der Waals surface area contributed by atoms with Gasteiger partial charge in [-0.25, -0.2) is 0 Å². The van der Waals surface area contributed by atoms with Gasteiger partial charge in [0.25, 0.3) is 0 Å². The molecule has 0 spiro atoms. The van der Waals surface area contributed by atoms with Crippen LogP contribution in [0, 0.1) is 5.92 Å². The minimum atomic E-state index is -0.633. The van der Waals surface area contributed by atoms with E-state index in [1.54, 1.807) is 0 Å². The van der Waals surface area contributed by atoms with Crippen LogP contribution in [0.2, 0.25) is 0 Å². The normalized spacial score (nSPS) is 36.9. The first-order chi connectivity index (χ1) is 7.24. The molecule has 1 heterocycles. The van der Waals surface area contributed by atoms with Crippen molar-refractivity contribution in [3.8, 4) is 0 Å². The van der Waals surface area contributed by atoms with Crippen LogP contribution in [-0.2, 0) is 4.74 Å². The highest BCUT2D eigenvalue weighted by Crippen LogP contribution is 2.39. The molecule has 0 bridgehead atoms. The Bertz CT molecular complexity index is 237. The highest BCUT2D eigenvalue weighted by molar-refractivity contribution is 5.13. The maximum atomic E-state index is 10.5. The van der Waals surface area contributed by atoms with Gasteiger partial charge >= 0.3 is 0 Å². The van der Waals surface area contributed by atoms with Gasteiger partial charge in [-0.1, -0.05) is 13.3 Å². The number of allylic oxidation sites excluding steroid dienone is 1. The smallest absolute Gasteiger partial charge is 0.124 e. The minimum absolute atomic E-state index is 0.633. The summed E-state index contributed by atoms with van der Waals surface area (Å²) >= 11 is 0. The summed E-state index contributed by atoms with van der Waals surface area (Å²) in [5, 5.41) is 10.5. The molecule has 1 aliphatic heterocycles. The summed E-state index contributed by atoms with van der Waals surface area (Å²) in [6, 6.07) is 0. The van der Waals surface area contributed by atoms with Crippen LogP contribution in [0.3, 0.4) is 0 Å². The Morgan fingerprint density at radius 1 is 1.47 bits per heavy atom. The number of aliphatic hydroxyl groups is 1. The predicted octanol–water partition coefficient (Wildman–Crippen LogP) is 3.01. The molecular formula is C13H22O2. The lowest BCUT2D eigenvalue weighted by Gasteiger charge is -2.38. The van der Waals surface area contributed by atoms with Crippen molar-refractivity contribution in [3.63, 3.8) is 0 Å². The largest absolute Gasteiger partial charge is 0.495 e. The zero-order chi connectivity index (χ0) is 10.7. The van der Waals surface area contributed by atoms with Gasteiger partial charge in [-0.3, -0.25) is 0 Å². The third-order valence-corrected chi connectivity index (χ3v) is 3.90. The lowest BCUT2D eigenvalue weighted by molar-refractivity contribution is -0.0318. The molecule has 1 saturated carbocycles. The molecule has 0 saturated heterocycles. The van der Waals surface area contributed by atoms with Crippen LogP contribution < -0.4 is 0 Å². The zero-order valence-corrected chi connectivity index (χ0v) is 9.67. The van der Waals surface area contributed by atoms with Crippen LogP contribution in [0.15, 0.2) is 11.8 Å². The standard InChI is InChI=1S/C13H22O2/c1-2-11-6-8-13(14,9-7-11)12-5-3-4-10-15-12/h5,11,14H,2-4,6-10H2,1H3. The van der Waals surface area contributed by atoms with E-state index in [1.807, 2.05) is 0 Å². The van der Waals surface area contributed by atoms with Crippen molar-refractivity contribution in [3.05, 3.63) is 11.8 Å². The second kappa shape index (κ2) is 4.56. The molecule has 0 atom stereocenters. The van der Waals surface area contributed by atoms with Crippen molar-refractivity contribution in [1.29, 1.82) is 0 Å². The van der Waals surface area contributed by atoms with Crippen molar-refractivity contribution in [2.24, 2.45) is 5.92 Å². The molecule has 15 heavy (non-hydrogen) atoms. The van der Waals surface area contributed by atoms with Crippen molar-refractivity contribution in [1.82, 2.24) is 0 Å². The number of hydrogen-bond donors (Lipinski definition) is 1. The Hall–Kier alpha value is -0.500. The van der Waals surface area contributed by atoms with Crippen molar-refractivity contribution in [2.75, 3.05) is 6.61 Å². The van der Waals surface area contributed by atoms with Crippen molar-refractivity contribution >= 4 is 0 Å². The van der Waals surface area contributed by atoms with Gasteiger partial charge in [0, 0.05) is 0 Å². The summed E-state index contributed by atoms with van der Waals surface area (Å²) in [7, 11) is 0. The number of rotatable bonds is 2. The fourth-order valence-corrected chi connectivity index (χ4v) is 2.69. The molecule has 0 unspecified atom stereocenters. The molecule has 2 heteroatoms. The molecular weight excluding hydrogens is 188 g/mol. The van der Waals surface area contributed by atoms with Gasteiger partial charge < -0.3 is 9.84 Å². The molecule has 2 aliphatic rings. The summed E-state index contributed by atoms with van der Waals surface area (Å²) in [4.78, 5) is 0. The van der Waals surface area contributed by atoms with Gasteiger partial charge in [0.1, 0.15) is 11.4 Å². The molecule has 0 aromatic heterocycles. The quantitative estimate of drug-likeness (QED) is 0.759. The van der Waals surface area contributed by atoms with E-state index in [2.05, 4.69) is 13.0 Å². The zero-order valence-electron chi connectivity index (χ0n) is 9.67. The lowest BCUT2D eigenvalue weighted by atomic mass is 9.76. The monoisotopic (exact) mass is 210 g/mol. The molecule has 0 amide bonds. The van der Waals surface area contributed by atoms with E-state index >= 15 is 0 Å². The topological polar surface area (TPSA) is 29.5 Å². The van der Waals surface area contributed by atoms with Crippen LogP contribution in [-0.4, -0.2) is 17.3 Å². The van der Waals surface area contributed by atoms with E-state index in [0.717, 1.165) is 56.8 Å². The van der Waals surface area contributed by atoms with Crippen molar-refractivity contribution < 1.29 is 9.84 Å². The third kappa shape index (κ3) is 2.36. The second-order valence-corrected chi connectivity index (χ2v) is 4.94. The van der Waals surface area contributed by atoms with Gasteiger partial charge in [-0.2, -0.15) is 0 Å². The van der Waals surface area contributed by atoms with Crippen LogP contribution in [0.5, 0.6) is 0 Å².